The molecule has 0 aromatic heterocycles. The fourth-order valence-electron chi connectivity index (χ4n) is 2.93. The fraction of sp³-hybridized carbons (Fsp3) is 0.467. The summed E-state index contributed by atoms with van der Waals surface area (Å²) >= 11 is 0.774. The van der Waals surface area contributed by atoms with Gasteiger partial charge in [-0.3, -0.25) is 24.5 Å². The van der Waals surface area contributed by atoms with Crippen molar-refractivity contribution in [1.29, 1.82) is 0 Å². The molecule has 1 fully saturated rings. The Morgan fingerprint density at radius 2 is 2.04 bits per heavy atom. The van der Waals surface area contributed by atoms with Gasteiger partial charge in [-0.05, 0) is 31.2 Å². The molecule has 0 radical (unpaired) electrons. The Bertz CT molecular complexity index is 774. The molecule has 2 N–H and O–H groups in total. The lowest BCUT2D eigenvalue weighted by atomic mass is 10.0. The summed E-state index contributed by atoms with van der Waals surface area (Å²) in [6.07, 6.45) is 0.497. The third-order valence-electron chi connectivity index (χ3n) is 3.93. The largest absolute Gasteiger partial charge is 0.497 e. The average Bonchev–Trinajstić information content (AvgIpc) is 2.96. The van der Waals surface area contributed by atoms with Gasteiger partial charge in [-0.1, -0.05) is 12.1 Å². The van der Waals surface area contributed by atoms with Crippen LogP contribution in [-0.2, 0) is 15.3 Å². The van der Waals surface area contributed by atoms with E-state index in [-0.39, 0.29) is 12.6 Å². The first-order valence-electron chi connectivity index (χ1n) is 7.80. The van der Waals surface area contributed by atoms with Gasteiger partial charge in [-0.25, -0.2) is 0 Å². The van der Waals surface area contributed by atoms with E-state index in [9.17, 15) is 18.0 Å². The molecule has 0 bridgehead atoms. The molecular formula is C15H20N4O5S2. The number of rotatable bonds is 6. The van der Waals surface area contributed by atoms with Gasteiger partial charge in [-0.2, -0.15) is 12.8 Å². The van der Waals surface area contributed by atoms with E-state index in [4.69, 9.17) is 4.74 Å². The van der Waals surface area contributed by atoms with Crippen molar-refractivity contribution >= 4 is 33.6 Å². The highest BCUT2D eigenvalue weighted by atomic mass is 32.2. The molecule has 1 saturated heterocycles. The van der Waals surface area contributed by atoms with Gasteiger partial charge in [0.1, 0.15) is 5.75 Å². The summed E-state index contributed by atoms with van der Waals surface area (Å²) < 4.78 is 33.6. The van der Waals surface area contributed by atoms with Gasteiger partial charge < -0.3 is 4.74 Å². The van der Waals surface area contributed by atoms with Crippen molar-refractivity contribution in [1.82, 2.24) is 14.9 Å². The molecule has 1 aromatic rings. The average molecular weight is 400 g/mol. The Hall–Kier alpha value is -1.95. The van der Waals surface area contributed by atoms with Crippen molar-refractivity contribution < 1.29 is 22.7 Å². The monoisotopic (exact) mass is 400 g/mol. The quantitative estimate of drug-likeness (QED) is 0.679. The Kier molecular flexibility index (Phi) is 7.57. The highest BCUT2D eigenvalue weighted by Crippen LogP contribution is 2.35. The number of amides is 2. The number of nitrogens with zero attached hydrogens (tertiary/aromatic N) is 2. The number of benzene rings is 1. The van der Waals surface area contributed by atoms with Crippen LogP contribution in [-0.4, -0.2) is 57.8 Å². The lowest BCUT2D eigenvalue weighted by Crippen LogP contribution is -2.39. The molecule has 142 valence electrons. The summed E-state index contributed by atoms with van der Waals surface area (Å²) in [7, 11) is 0.591. The highest BCUT2D eigenvalue weighted by Gasteiger charge is 2.36. The van der Waals surface area contributed by atoms with Crippen LogP contribution in [0.15, 0.2) is 28.6 Å². The van der Waals surface area contributed by atoms with Gasteiger partial charge in [0.05, 0.1) is 25.7 Å². The smallest absolute Gasteiger partial charge is 0.311 e. The first-order valence-corrected chi connectivity index (χ1v) is 9.65. The molecule has 1 heterocycles. The summed E-state index contributed by atoms with van der Waals surface area (Å²) in [5, 5.41) is 1.76. The Morgan fingerprint density at radius 1 is 1.35 bits per heavy atom. The lowest BCUT2D eigenvalue weighted by Gasteiger charge is -2.26. The predicted octanol–water partition coefficient (Wildman–Crippen LogP) is 0.977. The molecule has 1 aliphatic heterocycles. The zero-order valence-corrected chi connectivity index (χ0v) is 16.0. The van der Waals surface area contributed by atoms with Gasteiger partial charge in [0, 0.05) is 18.5 Å². The van der Waals surface area contributed by atoms with E-state index >= 15 is 0 Å². The van der Waals surface area contributed by atoms with Crippen LogP contribution in [0.2, 0.25) is 0 Å². The number of imide groups is 1. The topological polar surface area (TPSA) is 117 Å². The fourth-order valence-corrected chi connectivity index (χ4v) is 3.72. The van der Waals surface area contributed by atoms with E-state index in [0.717, 1.165) is 17.5 Å². The summed E-state index contributed by atoms with van der Waals surface area (Å²) in [5.74, 6) is 0.215. The molecule has 0 spiro atoms. The van der Waals surface area contributed by atoms with Crippen molar-refractivity contribution in [3.05, 3.63) is 29.8 Å². The van der Waals surface area contributed by atoms with Crippen molar-refractivity contribution in [3.8, 4) is 5.75 Å². The minimum absolute atomic E-state index is 0.0375. The summed E-state index contributed by atoms with van der Waals surface area (Å²) in [4.78, 5) is 25.4. The normalized spacial score (nSPS) is 19.8. The number of carbonyl (C=O) groups is 2. The molecule has 2 amide bonds. The van der Waals surface area contributed by atoms with E-state index in [1.807, 2.05) is 17.0 Å². The number of methoxy groups -OCH3 is 1. The zero-order valence-electron chi connectivity index (χ0n) is 14.3. The van der Waals surface area contributed by atoms with Gasteiger partial charge in [0.15, 0.2) is 0 Å². The molecule has 1 aromatic carbocycles. The highest BCUT2D eigenvalue weighted by molar-refractivity contribution is 8.11. The maximum Gasteiger partial charge on any atom is 0.311 e. The second-order valence-corrected chi connectivity index (χ2v) is 7.14. The van der Waals surface area contributed by atoms with Crippen LogP contribution in [0.25, 0.3) is 0 Å². The molecule has 26 heavy (non-hydrogen) atoms. The standard InChI is InChI=1S/C15H20N4O5S2/c1-16-25-15(21)17-13(20)9-19-8-7-12(18-26(22)23)14(19)10-3-5-11(24-2)6-4-10/h3-6,12,14,16H,7-9H2,1-2H3,(H,17,20,21). The molecule has 0 saturated carbocycles. The first-order chi connectivity index (χ1) is 12.4. The van der Waals surface area contributed by atoms with Crippen LogP contribution in [0.3, 0.4) is 0 Å². The second-order valence-electron chi connectivity index (χ2n) is 5.51. The summed E-state index contributed by atoms with van der Waals surface area (Å²) in [6.45, 7) is 0.451. The Balaban J connectivity index is 2.19. The van der Waals surface area contributed by atoms with Crippen LogP contribution in [0, 0.1) is 0 Å². The minimum atomic E-state index is -2.54. The third-order valence-corrected chi connectivity index (χ3v) is 4.87. The summed E-state index contributed by atoms with van der Waals surface area (Å²) in [6, 6.07) is 6.30. The molecular weight excluding hydrogens is 380 g/mol. The van der Waals surface area contributed by atoms with Crippen LogP contribution in [0.5, 0.6) is 5.75 Å². The van der Waals surface area contributed by atoms with E-state index in [1.54, 1.807) is 26.3 Å². The van der Waals surface area contributed by atoms with Gasteiger partial charge in [0.25, 0.3) is 0 Å². The SMILES string of the molecule is CNSC(=O)NC(=O)CN1CCC(N=S(=O)=O)C1c1ccc(OC)cc1. The third kappa shape index (κ3) is 5.53. The first kappa shape index (κ1) is 20.4. The molecule has 2 unspecified atom stereocenters. The molecule has 2 rings (SSSR count). The van der Waals surface area contributed by atoms with Gasteiger partial charge in [0.2, 0.25) is 5.91 Å². The molecule has 1 aliphatic rings. The van der Waals surface area contributed by atoms with Crippen LogP contribution in [0.1, 0.15) is 18.0 Å². The Labute approximate surface area is 157 Å². The Morgan fingerprint density at radius 3 is 2.62 bits per heavy atom. The molecule has 9 nitrogen and oxygen atoms in total. The van der Waals surface area contributed by atoms with Crippen LogP contribution in [0.4, 0.5) is 4.79 Å². The predicted molar refractivity (Wildman–Crippen MR) is 97.3 cm³/mol. The zero-order chi connectivity index (χ0) is 19.1. The molecule has 11 heteroatoms. The van der Waals surface area contributed by atoms with Crippen molar-refractivity contribution in [2.24, 2.45) is 4.36 Å². The minimum Gasteiger partial charge on any atom is -0.497 e. The van der Waals surface area contributed by atoms with Crippen molar-refractivity contribution in [3.63, 3.8) is 0 Å². The summed E-state index contributed by atoms with van der Waals surface area (Å²) in [5.41, 5.74) is 0.825. The second kappa shape index (κ2) is 9.67. The maximum atomic E-state index is 12.1. The maximum absolute atomic E-state index is 12.1. The number of carbonyl (C=O) groups excluding carboxylic acids is 2. The van der Waals surface area contributed by atoms with E-state index < -0.39 is 27.7 Å². The van der Waals surface area contributed by atoms with Crippen molar-refractivity contribution in [2.75, 3.05) is 27.2 Å². The van der Waals surface area contributed by atoms with E-state index in [2.05, 4.69) is 14.4 Å². The number of hydrogen-bond donors (Lipinski definition) is 2. The van der Waals surface area contributed by atoms with Gasteiger partial charge >= 0.3 is 15.7 Å². The van der Waals surface area contributed by atoms with E-state index in [0.29, 0.717) is 18.7 Å². The van der Waals surface area contributed by atoms with Crippen molar-refractivity contribution in [2.45, 2.75) is 18.5 Å². The number of hydrogen-bond acceptors (Lipinski definition) is 9. The van der Waals surface area contributed by atoms with Crippen LogP contribution < -0.4 is 14.8 Å². The number of likely N-dealkylation sites (tertiary alicyclic amines) is 1. The van der Waals surface area contributed by atoms with E-state index in [1.165, 1.54) is 0 Å². The number of nitrogens with one attached hydrogen (secondary N) is 2. The molecule has 0 aliphatic carbocycles. The van der Waals surface area contributed by atoms with Crippen LogP contribution >= 0.6 is 11.9 Å². The number of ether oxygens (including phenoxy) is 1. The molecule has 2 atom stereocenters. The lowest BCUT2D eigenvalue weighted by molar-refractivity contribution is -0.121. The van der Waals surface area contributed by atoms with Gasteiger partial charge in [-0.15, -0.1) is 0 Å².